The highest BCUT2D eigenvalue weighted by atomic mass is 16.6. The van der Waals surface area contributed by atoms with E-state index >= 15 is 0 Å². The highest BCUT2D eigenvalue weighted by molar-refractivity contribution is 5.76. The van der Waals surface area contributed by atoms with E-state index in [2.05, 4.69) is 0 Å². The van der Waals surface area contributed by atoms with E-state index in [4.69, 9.17) is 9.47 Å². The maximum Gasteiger partial charge on any atom is 0.410 e. The lowest BCUT2D eigenvalue weighted by molar-refractivity contribution is -0.148. The quantitative estimate of drug-likeness (QED) is 0.785. The number of carbonyl (C=O) groups is 2. The molecule has 0 spiro atoms. The van der Waals surface area contributed by atoms with Crippen LogP contribution in [0.1, 0.15) is 25.8 Å². The van der Waals surface area contributed by atoms with E-state index in [1.165, 1.54) is 0 Å². The molecule has 0 saturated carbocycles. The molecule has 120 valence electrons. The number of hydrogen-bond donors (Lipinski definition) is 0. The van der Waals surface area contributed by atoms with Crippen molar-refractivity contribution in [3.63, 3.8) is 0 Å². The van der Waals surface area contributed by atoms with Crippen molar-refractivity contribution >= 4 is 12.1 Å². The zero-order chi connectivity index (χ0) is 15.9. The molecule has 2 rings (SSSR count). The summed E-state index contributed by atoms with van der Waals surface area (Å²) in [6.07, 6.45) is 0.473. The van der Waals surface area contributed by atoms with Crippen LogP contribution in [0.4, 0.5) is 4.79 Å². The summed E-state index contributed by atoms with van der Waals surface area (Å²) in [6, 6.07) is 9.55. The molecule has 0 N–H and O–H groups in total. The number of nitrogens with zero attached hydrogens (tertiary/aromatic N) is 1. The van der Waals surface area contributed by atoms with Crippen molar-refractivity contribution in [2.75, 3.05) is 19.7 Å². The third kappa shape index (κ3) is 4.00. The van der Waals surface area contributed by atoms with E-state index in [1.54, 1.807) is 11.8 Å². The van der Waals surface area contributed by atoms with E-state index < -0.39 is 0 Å². The molecule has 2 atom stereocenters. The van der Waals surface area contributed by atoms with Crippen molar-refractivity contribution in [2.45, 2.75) is 26.9 Å². The average Bonchev–Trinajstić information content (AvgIpc) is 2.98. The molecule has 1 aromatic carbocycles. The highest BCUT2D eigenvalue weighted by Crippen LogP contribution is 2.27. The molecule has 0 radical (unpaired) electrons. The predicted molar refractivity (Wildman–Crippen MR) is 82.1 cm³/mol. The third-order valence-electron chi connectivity index (χ3n) is 4.02. The van der Waals surface area contributed by atoms with Gasteiger partial charge < -0.3 is 14.4 Å². The first-order valence-corrected chi connectivity index (χ1v) is 7.78. The topological polar surface area (TPSA) is 55.8 Å². The Kier molecular flexibility index (Phi) is 5.81. The van der Waals surface area contributed by atoms with Gasteiger partial charge in [-0.05, 0) is 18.4 Å². The molecular weight excluding hydrogens is 282 g/mol. The number of esters is 1. The second-order valence-corrected chi connectivity index (χ2v) is 5.47. The molecule has 1 heterocycles. The molecule has 1 aromatic rings. The SMILES string of the molecule is CCOC(=O)C1CN(C(=O)OCc2ccccc2)CC1CC. The Hall–Kier alpha value is -2.04. The number of hydrogen-bond acceptors (Lipinski definition) is 4. The van der Waals surface area contributed by atoms with Crippen molar-refractivity contribution in [2.24, 2.45) is 11.8 Å². The summed E-state index contributed by atoms with van der Waals surface area (Å²) in [5.41, 5.74) is 0.948. The molecule has 1 aliphatic heterocycles. The van der Waals surface area contributed by atoms with Crippen LogP contribution in [-0.2, 0) is 20.9 Å². The molecule has 0 aromatic heterocycles. The summed E-state index contributed by atoms with van der Waals surface area (Å²) in [6.45, 7) is 5.36. The molecule has 22 heavy (non-hydrogen) atoms. The normalized spacial score (nSPS) is 20.7. The summed E-state index contributed by atoms with van der Waals surface area (Å²) < 4.78 is 10.4. The number of likely N-dealkylation sites (tertiary alicyclic amines) is 1. The van der Waals surface area contributed by atoms with Crippen molar-refractivity contribution in [3.8, 4) is 0 Å². The van der Waals surface area contributed by atoms with Gasteiger partial charge in [0.25, 0.3) is 0 Å². The summed E-state index contributed by atoms with van der Waals surface area (Å²) in [5, 5.41) is 0. The molecule has 5 heteroatoms. The zero-order valence-corrected chi connectivity index (χ0v) is 13.2. The van der Waals surface area contributed by atoms with Crippen LogP contribution in [0.15, 0.2) is 30.3 Å². The Morgan fingerprint density at radius 2 is 1.86 bits per heavy atom. The summed E-state index contributed by atoms with van der Waals surface area (Å²) in [7, 11) is 0. The first-order valence-electron chi connectivity index (χ1n) is 7.78. The van der Waals surface area contributed by atoms with Gasteiger partial charge in [-0.25, -0.2) is 4.79 Å². The van der Waals surface area contributed by atoms with E-state index in [0.29, 0.717) is 19.7 Å². The van der Waals surface area contributed by atoms with Gasteiger partial charge in [-0.3, -0.25) is 4.79 Å². The molecular formula is C17H23NO4. The van der Waals surface area contributed by atoms with Crippen LogP contribution in [0.2, 0.25) is 0 Å². The van der Waals surface area contributed by atoms with Gasteiger partial charge in [0.1, 0.15) is 6.61 Å². The average molecular weight is 305 g/mol. The van der Waals surface area contributed by atoms with E-state index in [1.807, 2.05) is 37.3 Å². The Morgan fingerprint density at radius 3 is 2.50 bits per heavy atom. The summed E-state index contributed by atoms with van der Waals surface area (Å²) in [5.74, 6) is -0.315. The van der Waals surface area contributed by atoms with Gasteiger partial charge in [-0.1, -0.05) is 43.7 Å². The monoisotopic (exact) mass is 305 g/mol. The molecule has 5 nitrogen and oxygen atoms in total. The van der Waals surface area contributed by atoms with Crippen molar-refractivity contribution in [3.05, 3.63) is 35.9 Å². The molecule has 1 saturated heterocycles. The van der Waals surface area contributed by atoms with Crippen molar-refractivity contribution in [1.82, 2.24) is 4.90 Å². The maximum atomic E-state index is 12.2. The maximum absolute atomic E-state index is 12.2. The lowest BCUT2D eigenvalue weighted by Crippen LogP contribution is -2.30. The zero-order valence-electron chi connectivity index (χ0n) is 13.2. The van der Waals surface area contributed by atoms with Gasteiger partial charge >= 0.3 is 12.1 Å². The number of benzene rings is 1. The van der Waals surface area contributed by atoms with Crippen molar-refractivity contribution in [1.29, 1.82) is 0 Å². The van der Waals surface area contributed by atoms with Crippen LogP contribution in [0.3, 0.4) is 0 Å². The fraction of sp³-hybridized carbons (Fsp3) is 0.529. The smallest absolute Gasteiger partial charge is 0.410 e. The van der Waals surface area contributed by atoms with Gasteiger partial charge in [0.05, 0.1) is 12.5 Å². The van der Waals surface area contributed by atoms with Crippen LogP contribution < -0.4 is 0 Å². The van der Waals surface area contributed by atoms with Gasteiger partial charge in [0.2, 0.25) is 0 Å². The predicted octanol–water partition coefficient (Wildman–Crippen LogP) is 2.84. The molecule has 2 unspecified atom stereocenters. The van der Waals surface area contributed by atoms with Crippen LogP contribution in [0.5, 0.6) is 0 Å². The van der Waals surface area contributed by atoms with Gasteiger partial charge in [0, 0.05) is 13.1 Å². The fourth-order valence-corrected chi connectivity index (χ4v) is 2.76. The number of amides is 1. The Bertz CT molecular complexity index is 503. The number of rotatable bonds is 5. The third-order valence-corrected chi connectivity index (χ3v) is 4.02. The van der Waals surface area contributed by atoms with Crippen LogP contribution in [-0.4, -0.2) is 36.7 Å². The van der Waals surface area contributed by atoms with Gasteiger partial charge in [-0.2, -0.15) is 0 Å². The first-order chi connectivity index (χ1) is 10.7. The number of carbonyl (C=O) groups excluding carboxylic acids is 2. The Morgan fingerprint density at radius 1 is 1.14 bits per heavy atom. The first kappa shape index (κ1) is 16.3. The van der Waals surface area contributed by atoms with E-state index in [0.717, 1.165) is 12.0 Å². The summed E-state index contributed by atoms with van der Waals surface area (Å²) >= 11 is 0. The van der Waals surface area contributed by atoms with Crippen LogP contribution in [0.25, 0.3) is 0 Å². The minimum atomic E-state index is -0.367. The second kappa shape index (κ2) is 7.82. The number of ether oxygens (including phenoxy) is 2. The lowest BCUT2D eigenvalue weighted by atomic mass is 9.94. The molecule has 0 aliphatic carbocycles. The van der Waals surface area contributed by atoms with E-state index in [-0.39, 0.29) is 30.5 Å². The molecule has 1 aliphatic rings. The van der Waals surface area contributed by atoms with Gasteiger partial charge in [0.15, 0.2) is 0 Å². The molecule has 1 fully saturated rings. The largest absolute Gasteiger partial charge is 0.466 e. The van der Waals surface area contributed by atoms with Crippen molar-refractivity contribution < 1.29 is 19.1 Å². The Balaban J connectivity index is 1.89. The van der Waals surface area contributed by atoms with E-state index in [9.17, 15) is 9.59 Å². The van der Waals surface area contributed by atoms with Crippen LogP contribution in [0, 0.1) is 11.8 Å². The van der Waals surface area contributed by atoms with Gasteiger partial charge in [-0.15, -0.1) is 0 Å². The van der Waals surface area contributed by atoms with Crippen LogP contribution >= 0.6 is 0 Å². The summed E-state index contributed by atoms with van der Waals surface area (Å²) in [4.78, 5) is 25.7. The minimum absolute atomic E-state index is 0.142. The molecule has 1 amide bonds. The second-order valence-electron chi connectivity index (χ2n) is 5.47. The fourth-order valence-electron chi connectivity index (χ4n) is 2.76. The molecule has 0 bridgehead atoms. The minimum Gasteiger partial charge on any atom is -0.466 e. The Labute approximate surface area is 131 Å². The highest BCUT2D eigenvalue weighted by Gasteiger charge is 2.40. The standard InChI is InChI=1S/C17H23NO4/c1-3-14-10-18(11-15(14)16(19)21-4-2)17(20)22-12-13-8-6-5-7-9-13/h5-9,14-15H,3-4,10-12H2,1-2H3. The lowest BCUT2D eigenvalue weighted by Gasteiger charge is -2.16.